The SMILES string of the molecule is COc1ccc(Cl)cc1NC(=O)[C@@H](C)OC(=O)c1ccc(OC)c(OC)c1. The Morgan fingerprint density at radius 3 is 2.19 bits per heavy atom. The van der Waals surface area contributed by atoms with Crippen LogP contribution in [-0.4, -0.2) is 39.3 Å². The molecule has 0 unspecified atom stereocenters. The van der Waals surface area contributed by atoms with Crippen LogP contribution in [0.5, 0.6) is 17.2 Å². The van der Waals surface area contributed by atoms with Crippen molar-refractivity contribution >= 4 is 29.2 Å². The number of amides is 1. The lowest BCUT2D eigenvalue weighted by Crippen LogP contribution is -2.30. The molecule has 2 rings (SSSR count). The third-order valence-corrected chi connectivity index (χ3v) is 3.93. The molecule has 7 nitrogen and oxygen atoms in total. The van der Waals surface area contributed by atoms with Gasteiger partial charge in [-0.05, 0) is 43.3 Å². The first-order valence-corrected chi connectivity index (χ1v) is 8.34. The molecule has 0 fully saturated rings. The van der Waals surface area contributed by atoms with Gasteiger partial charge in [0.05, 0.1) is 32.6 Å². The van der Waals surface area contributed by atoms with Crippen LogP contribution in [0.3, 0.4) is 0 Å². The maximum atomic E-state index is 12.4. The average molecular weight is 394 g/mol. The molecule has 0 saturated heterocycles. The normalized spacial score (nSPS) is 11.3. The van der Waals surface area contributed by atoms with Crippen LogP contribution in [0.2, 0.25) is 5.02 Å². The molecule has 0 aliphatic rings. The third kappa shape index (κ3) is 5.04. The number of rotatable bonds is 7. The molecule has 0 spiro atoms. The molecule has 1 atom stereocenters. The zero-order valence-corrected chi connectivity index (χ0v) is 16.1. The van der Waals surface area contributed by atoms with E-state index >= 15 is 0 Å². The number of halogens is 1. The van der Waals surface area contributed by atoms with E-state index in [0.717, 1.165) is 0 Å². The molecular weight excluding hydrogens is 374 g/mol. The Morgan fingerprint density at radius 2 is 1.56 bits per heavy atom. The van der Waals surface area contributed by atoms with Crippen LogP contribution in [0.1, 0.15) is 17.3 Å². The van der Waals surface area contributed by atoms with Crippen LogP contribution < -0.4 is 19.5 Å². The van der Waals surface area contributed by atoms with Gasteiger partial charge in [-0.3, -0.25) is 4.79 Å². The maximum absolute atomic E-state index is 12.4. The summed E-state index contributed by atoms with van der Waals surface area (Å²) in [5.41, 5.74) is 0.608. The summed E-state index contributed by atoms with van der Waals surface area (Å²) in [7, 11) is 4.42. The highest BCUT2D eigenvalue weighted by atomic mass is 35.5. The number of nitrogens with one attached hydrogen (secondary N) is 1. The lowest BCUT2D eigenvalue weighted by Gasteiger charge is -2.16. The number of benzene rings is 2. The molecule has 0 bridgehead atoms. The molecule has 2 aromatic carbocycles. The fourth-order valence-electron chi connectivity index (χ4n) is 2.26. The average Bonchev–Trinajstić information content (AvgIpc) is 2.67. The lowest BCUT2D eigenvalue weighted by molar-refractivity contribution is -0.123. The Labute approximate surface area is 162 Å². The number of esters is 1. The Bertz CT molecular complexity index is 839. The van der Waals surface area contributed by atoms with Gasteiger partial charge in [-0.1, -0.05) is 11.6 Å². The summed E-state index contributed by atoms with van der Waals surface area (Å²) in [5.74, 6) is 0.104. The van der Waals surface area contributed by atoms with Crippen LogP contribution in [0.15, 0.2) is 36.4 Å². The first-order chi connectivity index (χ1) is 12.9. The van der Waals surface area contributed by atoms with Gasteiger partial charge in [0.1, 0.15) is 5.75 Å². The van der Waals surface area contributed by atoms with Crippen LogP contribution in [-0.2, 0) is 9.53 Å². The molecule has 1 N–H and O–H groups in total. The standard InChI is InChI=1S/C19H20ClNO6/c1-11(18(22)21-14-10-13(20)6-8-15(14)24-2)27-19(23)12-5-7-16(25-3)17(9-12)26-4/h5-11H,1-4H3,(H,21,22)/t11-/m1/s1. The number of hydrogen-bond acceptors (Lipinski definition) is 6. The van der Waals surface area contributed by atoms with Crippen molar-refractivity contribution in [2.24, 2.45) is 0 Å². The summed E-state index contributed by atoms with van der Waals surface area (Å²) in [4.78, 5) is 24.7. The predicted molar refractivity (Wildman–Crippen MR) is 101 cm³/mol. The van der Waals surface area contributed by atoms with E-state index in [4.69, 9.17) is 30.5 Å². The van der Waals surface area contributed by atoms with Crippen LogP contribution >= 0.6 is 11.6 Å². The van der Waals surface area contributed by atoms with Gasteiger partial charge in [-0.2, -0.15) is 0 Å². The molecule has 0 aliphatic carbocycles. The molecule has 27 heavy (non-hydrogen) atoms. The largest absolute Gasteiger partial charge is 0.495 e. The first-order valence-electron chi connectivity index (χ1n) is 7.97. The molecule has 0 aliphatic heterocycles. The highest BCUT2D eigenvalue weighted by Crippen LogP contribution is 2.29. The zero-order valence-electron chi connectivity index (χ0n) is 15.4. The first kappa shape index (κ1) is 20.4. The number of methoxy groups -OCH3 is 3. The molecule has 0 heterocycles. The molecule has 2 aromatic rings. The van der Waals surface area contributed by atoms with Crippen molar-refractivity contribution in [3.8, 4) is 17.2 Å². The highest BCUT2D eigenvalue weighted by molar-refractivity contribution is 6.31. The summed E-state index contributed by atoms with van der Waals surface area (Å²) in [6.07, 6.45) is -1.05. The topological polar surface area (TPSA) is 83.1 Å². The van der Waals surface area contributed by atoms with Crippen molar-refractivity contribution < 1.29 is 28.5 Å². The van der Waals surface area contributed by atoms with Gasteiger partial charge < -0.3 is 24.3 Å². The van der Waals surface area contributed by atoms with Crippen molar-refractivity contribution in [1.29, 1.82) is 0 Å². The summed E-state index contributed by atoms with van der Waals surface area (Å²) < 4.78 is 20.7. The molecule has 0 radical (unpaired) electrons. The third-order valence-electron chi connectivity index (χ3n) is 3.69. The van der Waals surface area contributed by atoms with E-state index in [1.165, 1.54) is 40.4 Å². The summed E-state index contributed by atoms with van der Waals surface area (Å²) >= 11 is 5.94. The predicted octanol–water partition coefficient (Wildman–Crippen LogP) is 3.55. The maximum Gasteiger partial charge on any atom is 0.339 e. The van der Waals surface area contributed by atoms with Crippen molar-refractivity contribution in [2.75, 3.05) is 26.6 Å². The number of hydrogen-bond donors (Lipinski definition) is 1. The Balaban J connectivity index is 2.08. The minimum absolute atomic E-state index is 0.229. The lowest BCUT2D eigenvalue weighted by atomic mass is 10.2. The van der Waals surface area contributed by atoms with Gasteiger partial charge in [0, 0.05) is 5.02 Å². The van der Waals surface area contributed by atoms with Gasteiger partial charge in [0.2, 0.25) is 0 Å². The van der Waals surface area contributed by atoms with E-state index < -0.39 is 18.0 Å². The van der Waals surface area contributed by atoms with Gasteiger partial charge >= 0.3 is 5.97 Å². The summed E-state index contributed by atoms with van der Waals surface area (Å²) in [6.45, 7) is 1.46. The van der Waals surface area contributed by atoms with Gasteiger partial charge in [-0.25, -0.2) is 4.79 Å². The van der Waals surface area contributed by atoms with Crippen molar-refractivity contribution in [2.45, 2.75) is 13.0 Å². The fourth-order valence-corrected chi connectivity index (χ4v) is 2.43. The van der Waals surface area contributed by atoms with E-state index in [2.05, 4.69) is 5.32 Å². The molecule has 144 valence electrons. The minimum Gasteiger partial charge on any atom is -0.495 e. The number of ether oxygens (including phenoxy) is 4. The van der Waals surface area contributed by atoms with E-state index in [1.54, 1.807) is 24.3 Å². The van der Waals surface area contributed by atoms with E-state index in [-0.39, 0.29) is 5.56 Å². The highest BCUT2D eigenvalue weighted by Gasteiger charge is 2.21. The van der Waals surface area contributed by atoms with E-state index in [0.29, 0.717) is 28.0 Å². The fraction of sp³-hybridized carbons (Fsp3) is 0.263. The van der Waals surface area contributed by atoms with Crippen LogP contribution in [0.4, 0.5) is 5.69 Å². The van der Waals surface area contributed by atoms with E-state index in [1.807, 2.05) is 0 Å². The van der Waals surface area contributed by atoms with Crippen LogP contribution in [0, 0.1) is 0 Å². The molecule has 8 heteroatoms. The van der Waals surface area contributed by atoms with Crippen molar-refractivity contribution in [1.82, 2.24) is 0 Å². The monoisotopic (exact) mass is 393 g/mol. The number of carbonyl (C=O) groups excluding carboxylic acids is 2. The zero-order chi connectivity index (χ0) is 20.0. The van der Waals surface area contributed by atoms with E-state index in [9.17, 15) is 9.59 Å². The Kier molecular flexibility index (Phi) is 6.90. The molecule has 1 amide bonds. The van der Waals surface area contributed by atoms with Crippen LogP contribution in [0.25, 0.3) is 0 Å². The van der Waals surface area contributed by atoms with Gasteiger partial charge in [-0.15, -0.1) is 0 Å². The Hall–Kier alpha value is -2.93. The summed E-state index contributed by atoms with van der Waals surface area (Å²) in [5, 5.41) is 3.06. The van der Waals surface area contributed by atoms with Crippen molar-refractivity contribution in [3.63, 3.8) is 0 Å². The Morgan fingerprint density at radius 1 is 0.926 bits per heavy atom. The second-order valence-corrected chi connectivity index (χ2v) is 5.89. The van der Waals surface area contributed by atoms with Gasteiger partial charge in [0.15, 0.2) is 17.6 Å². The second kappa shape index (κ2) is 9.14. The molecule has 0 saturated carbocycles. The van der Waals surface area contributed by atoms with Gasteiger partial charge in [0.25, 0.3) is 5.91 Å². The smallest absolute Gasteiger partial charge is 0.339 e. The molecule has 0 aromatic heterocycles. The minimum atomic E-state index is -1.05. The number of carbonyl (C=O) groups is 2. The summed E-state index contributed by atoms with van der Waals surface area (Å²) in [6, 6.07) is 9.38. The number of anilines is 1. The quantitative estimate of drug-likeness (QED) is 0.724. The molecular formula is C19H20ClNO6. The van der Waals surface area contributed by atoms with Crippen molar-refractivity contribution in [3.05, 3.63) is 47.0 Å². The second-order valence-electron chi connectivity index (χ2n) is 5.45.